The predicted octanol–water partition coefficient (Wildman–Crippen LogP) is 4.28. The van der Waals surface area contributed by atoms with Gasteiger partial charge in [-0.15, -0.1) is 0 Å². The number of amides is 1. The highest BCUT2D eigenvalue weighted by atomic mass is 32.2. The third kappa shape index (κ3) is 5.89. The first-order valence-corrected chi connectivity index (χ1v) is 9.08. The van der Waals surface area contributed by atoms with Crippen molar-refractivity contribution in [1.82, 2.24) is 5.32 Å². The van der Waals surface area contributed by atoms with Crippen LogP contribution in [-0.2, 0) is 5.75 Å². The summed E-state index contributed by atoms with van der Waals surface area (Å²) in [6, 6.07) is 13.8. The number of nitrogens with one attached hydrogen (secondary N) is 1. The Bertz CT molecular complexity index is 659. The van der Waals surface area contributed by atoms with Crippen molar-refractivity contribution in [2.75, 3.05) is 12.3 Å². The Morgan fingerprint density at radius 3 is 2.54 bits per heavy atom. The average Bonchev–Trinajstić information content (AvgIpc) is 2.56. The van der Waals surface area contributed by atoms with E-state index < -0.39 is 0 Å². The largest absolute Gasteiger partial charge is 0.491 e. The SMILES string of the molecule is CC(C)Oc1ccc(C(=O)NCCSCc2ccccc2F)cc1. The highest BCUT2D eigenvalue weighted by Gasteiger charge is 2.06. The maximum Gasteiger partial charge on any atom is 0.251 e. The average molecular weight is 347 g/mol. The smallest absolute Gasteiger partial charge is 0.251 e. The zero-order valence-corrected chi connectivity index (χ0v) is 14.7. The van der Waals surface area contributed by atoms with Crippen LogP contribution in [0.2, 0.25) is 0 Å². The van der Waals surface area contributed by atoms with Crippen LogP contribution in [0.5, 0.6) is 5.75 Å². The summed E-state index contributed by atoms with van der Waals surface area (Å²) in [6.07, 6.45) is 0.108. The molecule has 24 heavy (non-hydrogen) atoms. The standard InChI is InChI=1S/C19H22FNO2S/c1-14(2)23-17-9-7-15(8-10-17)19(22)21-11-12-24-13-16-5-3-4-6-18(16)20/h3-10,14H,11-13H2,1-2H3,(H,21,22). The molecule has 0 aromatic heterocycles. The van der Waals surface area contributed by atoms with Gasteiger partial charge in [0.1, 0.15) is 11.6 Å². The van der Waals surface area contributed by atoms with E-state index in [9.17, 15) is 9.18 Å². The van der Waals surface area contributed by atoms with Gasteiger partial charge in [-0.1, -0.05) is 18.2 Å². The van der Waals surface area contributed by atoms with Crippen molar-refractivity contribution in [3.05, 3.63) is 65.5 Å². The number of carbonyl (C=O) groups excluding carboxylic acids is 1. The van der Waals surface area contributed by atoms with Crippen LogP contribution >= 0.6 is 11.8 Å². The highest BCUT2D eigenvalue weighted by Crippen LogP contribution is 2.15. The topological polar surface area (TPSA) is 38.3 Å². The predicted molar refractivity (Wildman–Crippen MR) is 97.1 cm³/mol. The van der Waals surface area contributed by atoms with Crippen LogP contribution in [0.15, 0.2) is 48.5 Å². The molecule has 2 aromatic carbocycles. The molecule has 0 heterocycles. The number of ether oxygens (including phenoxy) is 1. The van der Waals surface area contributed by atoms with Crippen molar-refractivity contribution in [1.29, 1.82) is 0 Å². The molecule has 0 saturated heterocycles. The van der Waals surface area contributed by atoms with Crippen molar-refractivity contribution in [3.63, 3.8) is 0 Å². The molecule has 0 unspecified atom stereocenters. The first kappa shape index (κ1) is 18.3. The Labute approximate surface area is 146 Å². The number of benzene rings is 2. The molecule has 128 valence electrons. The Morgan fingerprint density at radius 2 is 1.88 bits per heavy atom. The molecule has 0 bridgehead atoms. The minimum absolute atomic E-state index is 0.108. The van der Waals surface area contributed by atoms with Gasteiger partial charge < -0.3 is 10.1 Å². The number of carbonyl (C=O) groups is 1. The van der Waals surface area contributed by atoms with E-state index in [2.05, 4.69) is 5.32 Å². The molecule has 5 heteroatoms. The quantitative estimate of drug-likeness (QED) is 0.725. The van der Waals surface area contributed by atoms with E-state index in [1.807, 2.05) is 19.9 Å². The molecule has 0 fully saturated rings. The molecule has 1 amide bonds. The second-order valence-electron chi connectivity index (χ2n) is 5.59. The zero-order valence-electron chi connectivity index (χ0n) is 13.9. The third-order valence-electron chi connectivity index (χ3n) is 3.24. The fraction of sp³-hybridized carbons (Fsp3) is 0.316. The lowest BCUT2D eigenvalue weighted by Crippen LogP contribution is -2.25. The molecule has 0 radical (unpaired) electrons. The normalized spacial score (nSPS) is 10.7. The van der Waals surface area contributed by atoms with Crippen LogP contribution in [0.3, 0.4) is 0 Å². The van der Waals surface area contributed by atoms with Crippen LogP contribution in [0.1, 0.15) is 29.8 Å². The van der Waals surface area contributed by atoms with Gasteiger partial charge in [0.05, 0.1) is 6.10 Å². The Morgan fingerprint density at radius 1 is 1.17 bits per heavy atom. The summed E-state index contributed by atoms with van der Waals surface area (Å²) < 4.78 is 19.0. The van der Waals surface area contributed by atoms with Crippen LogP contribution < -0.4 is 10.1 Å². The maximum absolute atomic E-state index is 13.5. The Hall–Kier alpha value is -2.01. The van der Waals surface area contributed by atoms with Gasteiger partial charge >= 0.3 is 0 Å². The van der Waals surface area contributed by atoms with Crippen molar-refractivity contribution in [2.45, 2.75) is 25.7 Å². The summed E-state index contributed by atoms with van der Waals surface area (Å²) in [5.41, 5.74) is 1.29. The van der Waals surface area contributed by atoms with Crippen LogP contribution in [-0.4, -0.2) is 24.3 Å². The molecular weight excluding hydrogens is 325 g/mol. The van der Waals surface area contributed by atoms with Gasteiger partial charge in [-0.3, -0.25) is 4.79 Å². The van der Waals surface area contributed by atoms with Crippen molar-refractivity contribution < 1.29 is 13.9 Å². The molecule has 2 aromatic rings. The van der Waals surface area contributed by atoms with Crippen LogP contribution in [0.4, 0.5) is 4.39 Å². The van der Waals surface area contributed by atoms with E-state index in [-0.39, 0.29) is 17.8 Å². The number of thioether (sulfide) groups is 1. The number of hydrogen-bond donors (Lipinski definition) is 1. The molecule has 0 atom stereocenters. The second kappa shape index (κ2) is 9.33. The number of halogens is 1. The maximum atomic E-state index is 13.5. The minimum Gasteiger partial charge on any atom is -0.491 e. The lowest BCUT2D eigenvalue weighted by atomic mass is 10.2. The van der Waals surface area contributed by atoms with Gasteiger partial charge in [0.2, 0.25) is 0 Å². The molecule has 0 aliphatic rings. The summed E-state index contributed by atoms with van der Waals surface area (Å²) in [5.74, 6) is 1.79. The van der Waals surface area contributed by atoms with Gasteiger partial charge in [-0.05, 0) is 49.7 Å². The molecule has 3 nitrogen and oxygen atoms in total. The monoisotopic (exact) mass is 347 g/mol. The molecular formula is C19H22FNO2S. The molecule has 1 N–H and O–H groups in total. The van der Waals surface area contributed by atoms with Gasteiger partial charge in [0, 0.05) is 23.6 Å². The second-order valence-corrected chi connectivity index (χ2v) is 6.70. The lowest BCUT2D eigenvalue weighted by molar-refractivity contribution is 0.0956. The molecule has 2 rings (SSSR count). The Kier molecular flexibility index (Phi) is 7.12. The lowest BCUT2D eigenvalue weighted by Gasteiger charge is -2.10. The van der Waals surface area contributed by atoms with Gasteiger partial charge in [-0.2, -0.15) is 11.8 Å². The fourth-order valence-electron chi connectivity index (χ4n) is 2.09. The highest BCUT2D eigenvalue weighted by molar-refractivity contribution is 7.98. The van der Waals surface area contributed by atoms with E-state index in [1.165, 1.54) is 6.07 Å². The molecule has 0 saturated carbocycles. The summed E-state index contributed by atoms with van der Waals surface area (Å²) in [7, 11) is 0. The van der Waals surface area contributed by atoms with Gasteiger partial charge in [0.15, 0.2) is 0 Å². The summed E-state index contributed by atoms with van der Waals surface area (Å²) >= 11 is 1.59. The van der Waals surface area contributed by atoms with Crippen molar-refractivity contribution in [2.24, 2.45) is 0 Å². The number of hydrogen-bond acceptors (Lipinski definition) is 3. The molecule has 0 aliphatic heterocycles. The first-order chi connectivity index (χ1) is 11.6. The van der Waals surface area contributed by atoms with E-state index in [1.54, 1.807) is 48.2 Å². The van der Waals surface area contributed by atoms with Crippen molar-refractivity contribution >= 4 is 17.7 Å². The van der Waals surface area contributed by atoms with E-state index in [0.29, 0.717) is 23.4 Å². The van der Waals surface area contributed by atoms with Crippen molar-refractivity contribution in [3.8, 4) is 5.75 Å². The molecule has 0 spiro atoms. The summed E-state index contributed by atoms with van der Waals surface area (Å²) in [4.78, 5) is 12.0. The van der Waals surface area contributed by atoms with E-state index in [0.717, 1.165) is 11.5 Å². The zero-order chi connectivity index (χ0) is 17.4. The third-order valence-corrected chi connectivity index (χ3v) is 4.24. The van der Waals surface area contributed by atoms with E-state index >= 15 is 0 Å². The van der Waals surface area contributed by atoms with E-state index in [4.69, 9.17) is 4.74 Å². The minimum atomic E-state index is -0.183. The summed E-state index contributed by atoms with van der Waals surface area (Å²) in [5, 5.41) is 2.87. The fourth-order valence-corrected chi connectivity index (χ4v) is 2.94. The van der Waals surface area contributed by atoms with Gasteiger partial charge in [0.25, 0.3) is 5.91 Å². The van der Waals surface area contributed by atoms with Crippen LogP contribution in [0.25, 0.3) is 0 Å². The number of rotatable bonds is 8. The van der Waals surface area contributed by atoms with Crippen LogP contribution in [0, 0.1) is 5.82 Å². The summed E-state index contributed by atoms with van der Waals surface area (Å²) in [6.45, 7) is 4.46. The van der Waals surface area contributed by atoms with Gasteiger partial charge in [-0.25, -0.2) is 4.39 Å². The Balaban J connectivity index is 1.70. The molecule has 0 aliphatic carbocycles. The first-order valence-electron chi connectivity index (χ1n) is 7.92.